The van der Waals surface area contributed by atoms with Gasteiger partial charge in [-0.15, -0.1) is 0 Å². The van der Waals surface area contributed by atoms with E-state index < -0.39 is 42.1 Å². The van der Waals surface area contributed by atoms with Crippen molar-refractivity contribution in [2.24, 2.45) is 0 Å². The van der Waals surface area contributed by atoms with Gasteiger partial charge >= 0.3 is 0 Å². The van der Waals surface area contributed by atoms with Gasteiger partial charge in [0.15, 0.2) is 24.1 Å². The van der Waals surface area contributed by atoms with E-state index in [1.54, 1.807) is 18.8 Å². The Balaban J connectivity index is 1.30. The average molecular weight is 679 g/mol. The Kier molecular flexibility index (Phi) is 8.22. The van der Waals surface area contributed by atoms with Gasteiger partial charge in [-0.2, -0.15) is 4.98 Å². The van der Waals surface area contributed by atoms with Gasteiger partial charge in [-0.05, 0) is 41.0 Å². The van der Waals surface area contributed by atoms with Crippen LogP contribution in [-0.2, 0) is 36.4 Å². The standard InChI is InChI=1S/C31H30N5O7PS2/c1-38-21-12-8-19(9-13-21)31(18-6-4-3-5-7-18,20-10-14-22(39-2)15-11-20)40-16-23-25-26(43-44(45,46)42-25)29(41-23)36-17-33-24-27(36)34-30(32)35-28(24)37/h3-15,17,23,25-26,29H,16H2,1-2H3,(H,45,46)(H3,32,34,35,37)/p-1/t23-,25-,26-,29-/m1/s1. The zero-order chi connectivity index (χ0) is 32.1. The van der Waals surface area contributed by atoms with Crippen LogP contribution < -0.4 is 20.3 Å². The fraction of sp³-hybridized carbons (Fsp3) is 0.258. The van der Waals surface area contributed by atoms with Gasteiger partial charge in [-0.25, -0.2) is 19.0 Å². The molecule has 2 aliphatic heterocycles. The second kappa shape index (κ2) is 12.2. The molecule has 2 fully saturated rings. The lowest BCUT2D eigenvalue weighted by molar-refractivity contribution is -0.272. The van der Waals surface area contributed by atoms with E-state index in [1.807, 2.05) is 78.9 Å². The highest BCUT2D eigenvalue weighted by molar-refractivity contribution is 8.76. The number of methoxy groups -OCH3 is 2. The Morgan fingerprint density at radius 3 is 2.11 bits per heavy atom. The number of imidazole rings is 1. The minimum Gasteiger partial charge on any atom is -0.857 e. The molecule has 2 N–H and O–H groups in total. The molecule has 238 valence electrons. The van der Waals surface area contributed by atoms with E-state index in [1.165, 1.54) is 6.33 Å². The Morgan fingerprint density at radius 1 is 0.913 bits per heavy atom. The molecular formula is C31H29N5O7PS2-. The van der Waals surface area contributed by atoms with Gasteiger partial charge in [-0.1, -0.05) is 54.6 Å². The zero-order valence-corrected chi connectivity index (χ0v) is 27.2. The SMILES string of the molecule is COc1ccc(C(OC[C@H]2O[C@@H](n3cnc4c([O-])nc(N)nc43)[C@@H]3O[P+]([S-])(S)O[C@@H]32)(c2ccccc2)c2ccc(OC)cc2)cc1. The summed E-state index contributed by atoms with van der Waals surface area (Å²) in [5.74, 6) is 0.646. The Bertz CT molecular complexity index is 1800. The maximum Gasteiger partial charge on any atom is 0.221 e. The topological polar surface area (TPSA) is 148 Å². The maximum absolute atomic E-state index is 12.5. The molecule has 0 amide bonds. The molecule has 4 heterocycles. The summed E-state index contributed by atoms with van der Waals surface area (Å²) in [6.07, 6.45) is -4.30. The average Bonchev–Trinajstić information content (AvgIpc) is 3.73. The lowest BCUT2D eigenvalue weighted by atomic mass is 9.80. The van der Waals surface area contributed by atoms with Gasteiger partial charge in [0, 0.05) is 18.1 Å². The van der Waals surface area contributed by atoms with E-state index in [2.05, 4.69) is 27.2 Å². The smallest absolute Gasteiger partial charge is 0.221 e. The van der Waals surface area contributed by atoms with Crippen LogP contribution >= 0.6 is 18.4 Å². The normalized spacial score (nSPS) is 24.3. The first-order valence-electron chi connectivity index (χ1n) is 14.2. The lowest BCUT2D eigenvalue weighted by Gasteiger charge is -2.37. The van der Waals surface area contributed by atoms with E-state index in [0.29, 0.717) is 11.5 Å². The number of hydrogen-bond donors (Lipinski definition) is 2. The number of nitrogens with zero attached hydrogens (tertiary/aromatic N) is 4. The van der Waals surface area contributed by atoms with Gasteiger partial charge in [0.05, 0.1) is 27.2 Å². The van der Waals surface area contributed by atoms with Crippen molar-refractivity contribution in [2.75, 3.05) is 26.6 Å². The summed E-state index contributed by atoms with van der Waals surface area (Å²) in [4.78, 5) is 12.2. The first kappa shape index (κ1) is 31.0. The third-order valence-corrected chi connectivity index (χ3v) is 10.2. The van der Waals surface area contributed by atoms with Gasteiger partial charge in [-0.3, -0.25) is 4.57 Å². The highest BCUT2D eigenvalue weighted by Crippen LogP contribution is 2.72. The van der Waals surface area contributed by atoms with Gasteiger partial charge < -0.3 is 42.0 Å². The summed E-state index contributed by atoms with van der Waals surface area (Å²) in [5.41, 5.74) is 7.57. The summed E-state index contributed by atoms with van der Waals surface area (Å²) >= 11 is 10.1. The zero-order valence-electron chi connectivity index (χ0n) is 24.6. The summed E-state index contributed by atoms with van der Waals surface area (Å²) < 4.78 is 38.5. The van der Waals surface area contributed by atoms with Crippen LogP contribution in [0.5, 0.6) is 17.4 Å². The second-order valence-corrected chi connectivity index (χ2v) is 15.9. The van der Waals surface area contributed by atoms with Crippen LogP contribution in [0.3, 0.4) is 0 Å². The van der Waals surface area contributed by atoms with Crippen molar-refractivity contribution in [3.63, 3.8) is 0 Å². The molecule has 7 rings (SSSR count). The summed E-state index contributed by atoms with van der Waals surface area (Å²) in [6.45, 7) is 0.0493. The quantitative estimate of drug-likeness (QED) is 0.0989. The maximum atomic E-state index is 12.5. The summed E-state index contributed by atoms with van der Waals surface area (Å²) in [6, 6.07) is 25.4. The van der Waals surface area contributed by atoms with Crippen LogP contribution in [-0.4, -0.2) is 58.7 Å². The first-order chi connectivity index (χ1) is 22.2. The summed E-state index contributed by atoms with van der Waals surface area (Å²) in [5, 5.41) is 12.5. The molecule has 0 bridgehead atoms. The molecule has 2 aliphatic rings. The second-order valence-electron chi connectivity index (χ2n) is 10.7. The number of hydrogen-bond acceptors (Lipinski definition) is 13. The molecule has 0 aliphatic carbocycles. The number of ether oxygens (including phenoxy) is 4. The number of benzene rings is 3. The van der Waals surface area contributed by atoms with E-state index >= 15 is 0 Å². The Labute approximate surface area is 275 Å². The highest BCUT2D eigenvalue weighted by atomic mass is 33.1. The third-order valence-electron chi connectivity index (χ3n) is 8.11. The predicted molar refractivity (Wildman–Crippen MR) is 174 cm³/mol. The molecule has 46 heavy (non-hydrogen) atoms. The Hall–Kier alpha value is -3.62. The van der Waals surface area contributed by atoms with Crippen LogP contribution in [0, 0.1) is 0 Å². The molecular weight excluding hydrogens is 649 g/mol. The van der Waals surface area contributed by atoms with Crippen molar-refractivity contribution in [2.45, 2.75) is 30.1 Å². The predicted octanol–water partition coefficient (Wildman–Crippen LogP) is 4.34. The van der Waals surface area contributed by atoms with E-state index in [0.717, 1.165) is 16.7 Å². The molecule has 0 radical (unpaired) electrons. The number of thiol groups is 1. The fourth-order valence-corrected chi connectivity index (χ4v) is 8.41. The van der Waals surface area contributed by atoms with Gasteiger partial charge in [0.25, 0.3) is 0 Å². The molecule has 12 nitrogen and oxygen atoms in total. The molecule has 15 heteroatoms. The van der Waals surface area contributed by atoms with E-state index in [4.69, 9.17) is 46.0 Å². The van der Waals surface area contributed by atoms with Gasteiger partial charge in [0.1, 0.15) is 28.7 Å². The van der Waals surface area contributed by atoms with Crippen molar-refractivity contribution in [3.05, 3.63) is 102 Å². The number of fused-ring (bicyclic) bond motifs is 2. The van der Waals surface area contributed by atoms with Crippen LogP contribution in [0.1, 0.15) is 22.9 Å². The number of anilines is 1. The molecule has 0 spiro atoms. The van der Waals surface area contributed by atoms with Crippen molar-refractivity contribution in [1.82, 2.24) is 19.5 Å². The monoisotopic (exact) mass is 678 g/mol. The molecule has 5 atom stereocenters. The summed E-state index contributed by atoms with van der Waals surface area (Å²) in [7, 11) is 3.25. The largest absolute Gasteiger partial charge is 0.857 e. The van der Waals surface area contributed by atoms with Crippen LogP contribution in [0.2, 0.25) is 0 Å². The molecule has 1 unspecified atom stereocenters. The van der Waals surface area contributed by atoms with E-state index in [-0.39, 0.29) is 23.7 Å². The first-order valence-corrected chi connectivity index (χ1v) is 18.0. The number of aromatic nitrogens is 4. The van der Waals surface area contributed by atoms with Crippen LogP contribution in [0.15, 0.2) is 85.2 Å². The molecule has 5 aromatic rings. The van der Waals surface area contributed by atoms with Crippen molar-refractivity contribution in [1.29, 1.82) is 0 Å². The van der Waals surface area contributed by atoms with E-state index in [9.17, 15) is 5.11 Å². The lowest BCUT2D eigenvalue weighted by Crippen LogP contribution is -2.39. The number of rotatable bonds is 9. The van der Waals surface area contributed by atoms with Gasteiger partial charge in [0.2, 0.25) is 12.1 Å². The molecule has 2 aromatic heterocycles. The molecule has 2 saturated heterocycles. The van der Waals surface area contributed by atoms with Crippen molar-refractivity contribution in [3.8, 4) is 17.4 Å². The number of nitrogen functional groups attached to an aromatic ring is 1. The third kappa shape index (κ3) is 5.43. The van der Waals surface area contributed by atoms with Crippen molar-refractivity contribution >= 4 is 47.7 Å². The highest BCUT2D eigenvalue weighted by Gasteiger charge is 2.60. The van der Waals surface area contributed by atoms with Crippen LogP contribution in [0.4, 0.5) is 5.95 Å². The van der Waals surface area contributed by atoms with Crippen molar-refractivity contribution < 1.29 is 33.1 Å². The molecule has 0 saturated carbocycles. The Morgan fingerprint density at radius 2 is 1.50 bits per heavy atom. The minimum absolute atomic E-state index is 0.0493. The minimum atomic E-state index is -2.92. The molecule has 3 aromatic carbocycles. The van der Waals surface area contributed by atoms with Crippen LogP contribution in [0.25, 0.3) is 11.2 Å². The fourth-order valence-electron chi connectivity index (χ4n) is 6.01. The number of nitrogens with two attached hydrogens (primary N) is 1.